The van der Waals surface area contributed by atoms with Crippen LogP contribution in [0.2, 0.25) is 0 Å². The third-order valence-corrected chi connectivity index (χ3v) is 5.44. The van der Waals surface area contributed by atoms with Crippen LogP contribution in [0.25, 0.3) is 0 Å². The Morgan fingerprint density at radius 3 is 2.23 bits per heavy atom. The average Bonchev–Trinajstić information content (AvgIpc) is 3.19. The molecule has 0 saturated heterocycles. The van der Waals surface area contributed by atoms with Gasteiger partial charge in [-0.05, 0) is 85.1 Å². The molecule has 3 heteroatoms. The molecule has 1 unspecified atom stereocenters. The molecule has 1 N–H and O–H groups in total. The van der Waals surface area contributed by atoms with Crippen molar-refractivity contribution in [1.29, 1.82) is 0 Å². The maximum absolute atomic E-state index is 13.2. The predicted molar refractivity (Wildman–Crippen MR) is 128 cm³/mol. The van der Waals surface area contributed by atoms with Crippen molar-refractivity contribution in [2.45, 2.75) is 66.8 Å². The van der Waals surface area contributed by atoms with E-state index >= 15 is 0 Å². The van der Waals surface area contributed by atoms with Crippen LogP contribution in [0.5, 0.6) is 0 Å². The number of amidine groups is 1. The molecule has 0 spiro atoms. The fourth-order valence-electron chi connectivity index (χ4n) is 3.60. The van der Waals surface area contributed by atoms with Crippen LogP contribution in [0.1, 0.15) is 56.9 Å². The van der Waals surface area contributed by atoms with Gasteiger partial charge < -0.3 is 5.32 Å². The van der Waals surface area contributed by atoms with Gasteiger partial charge in [-0.25, -0.2) is 4.39 Å². The Hall–Kier alpha value is -2.42. The smallest absolute Gasteiger partial charge is 0.123 e. The summed E-state index contributed by atoms with van der Waals surface area (Å²) in [7, 11) is 0. The largest absolute Gasteiger partial charge is 0.368 e. The van der Waals surface area contributed by atoms with Gasteiger partial charge in [0.05, 0.1) is 6.54 Å². The maximum Gasteiger partial charge on any atom is 0.123 e. The number of hydrogen-bond acceptors (Lipinski definition) is 2. The SMILES string of the molecule is CC.Cc1cc(F)ccc1CCc1ccc(CC(C)NC2=NCC(C(C)C)=C2)cc1. The lowest BCUT2D eigenvalue weighted by Crippen LogP contribution is -2.32. The van der Waals surface area contributed by atoms with Gasteiger partial charge in [0.2, 0.25) is 0 Å². The van der Waals surface area contributed by atoms with E-state index in [-0.39, 0.29) is 5.82 Å². The summed E-state index contributed by atoms with van der Waals surface area (Å²) in [5, 5.41) is 3.53. The molecule has 0 radical (unpaired) electrons. The standard InChI is InChI=1S/C25H31FN2.C2H6/c1-17(2)23-15-25(27-16-23)28-19(4)14-21-7-5-20(6-8-21)9-10-22-11-12-24(26)13-18(22)3;1-2/h5-8,11-13,15,17,19H,9-10,14,16H2,1-4H3,(H,27,28);1-2H3. The first-order valence-electron chi connectivity index (χ1n) is 11.2. The van der Waals surface area contributed by atoms with Crippen molar-refractivity contribution >= 4 is 5.84 Å². The number of halogens is 1. The Labute approximate surface area is 182 Å². The van der Waals surface area contributed by atoms with Crippen LogP contribution in [0.4, 0.5) is 4.39 Å². The lowest BCUT2D eigenvalue weighted by Gasteiger charge is -2.15. The van der Waals surface area contributed by atoms with E-state index in [4.69, 9.17) is 0 Å². The molecule has 0 fully saturated rings. The second kappa shape index (κ2) is 11.7. The van der Waals surface area contributed by atoms with Gasteiger partial charge in [-0.2, -0.15) is 0 Å². The lowest BCUT2D eigenvalue weighted by atomic mass is 9.99. The predicted octanol–water partition coefficient (Wildman–Crippen LogP) is 6.46. The van der Waals surface area contributed by atoms with Gasteiger partial charge in [0.15, 0.2) is 0 Å². The minimum absolute atomic E-state index is 0.159. The summed E-state index contributed by atoms with van der Waals surface area (Å²) < 4.78 is 13.2. The Bertz CT molecular complexity index is 863. The van der Waals surface area contributed by atoms with Crippen molar-refractivity contribution in [3.63, 3.8) is 0 Å². The van der Waals surface area contributed by atoms with Gasteiger partial charge in [0.1, 0.15) is 11.7 Å². The molecule has 0 aromatic heterocycles. The third-order valence-electron chi connectivity index (χ3n) is 5.44. The number of hydrogen-bond donors (Lipinski definition) is 1. The Kier molecular flexibility index (Phi) is 9.29. The van der Waals surface area contributed by atoms with E-state index < -0.39 is 0 Å². The molecule has 0 amide bonds. The first-order chi connectivity index (χ1) is 14.4. The highest BCUT2D eigenvalue weighted by Gasteiger charge is 2.13. The molecule has 162 valence electrons. The van der Waals surface area contributed by atoms with Gasteiger partial charge in [0.25, 0.3) is 0 Å². The number of aryl methyl sites for hydroxylation is 3. The second-order valence-corrected chi connectivity index (χ2v) is 8.21. The van der Waals surface area contributed by atoms with Crippen LogP contribution in [-0.4, -0.2) is 18.4 Å². The summed E-state index contributed by atoms with van der Waals surface area (Å²) in [6, 6.07) is 14.3. The van der Waals surface area contributed by atoms with E-state index in [1.54, 1.807) is 12.1 Å². The topological polar surface area (TPSA) is 24.4 Å². The van der Waals surface area contributed by atoms with E-state index in [0.717, 1.165) is 37.2 Å². The number of nitrogens with one attached hydrogen (secondary N) is 1. The van der Waals surface area contributed by atoms with Gasteiger partial charge in [-0.1, -0.05) is 58.0 Å². The van der Waals surface area contributed by atoms with Crippen molar-refractivity contribution in [1.82, 2.24) is 5.32 Å². The molecule has 3 rings (SSSR count). The zero-order valence-electron chi connectivity index (χ0n) is 19.4. The molecule has 1 aliphatic heterocycles. The summed E-state index contributed by atoms with van der Waals surface area (Å²) in [6.45, 7) is 13.4. The number of rotatable bonds is 7. The van der Waals surface area contributed by atoms with Gasteiger partial charge in [-0.3, -0.25) is 4.99 Å². The fraction of sp³-hybridized carbons (Fsp3) is 0.444. The monoisotopic (exact) mass is 408 g/mol. The number of benzene rings is 2. The molecule has 2 aromatic rings. The first kappa shape index (κ1) is 23.9. The summed E-state index contributed by atoms with van der Waals surface area (Å²) in [4.78, 5) is 4.59. The van der Waals surface area contributed by atoms with Crippen LogP contribution in [0.15, 0.2) is 59.1 Å². The number of aliphatic imine (C=N–C) groups is 1. The minimum Gasteiger partial charge on any atom is -0.368 e. The average molecular weight is 409 g/mol. The summed E-state index contributed by atoms with van der Waals surface area (Å²) in [5.41, 5.74) is 6.29. The van der Waals surface area contributed by atoms with Crippen LogP contribution in [-0.2, 0) is 19.3 Å². The number of nitrogens with zero attached hydrogens (tertiary/aromatic N) is 1. The van der Waals surface area contributed by atoms with E-state index in [1.807, 2.05) is 26.8 Å². The zero-order chi connectivity index (χ0) is 22.1. The third kappa shape index (κ3) is 7.12. The molecule has 1 atom stereocenters. The quantitative estimate of drug-likeness (QED) is 0.558. The van der Waals surface area contributed by atoms with Crippen molar-refractivity contribution in [3.05, 3.63) is 82.2 Å². The fourth-order valence-corrected chi connectivity index (χ4v) is 3.60. The van der Waals surface area contributed by atoms with Gasteiger partial charge in [-0.15, -0.1) is 0 Å². The van der Waals surface area contributed by atoms with Crippen molar-refractivity contribution < 1.29 is 4.39 Å². The molecular formula is C27H37FN2. The lowest BCUT2D eigenvalue weighted by molar-refractivity contribution is 0.625. The van der Waals surface area contributed by atoms with Crippen LogP contribution in [0, 0.1) is 18.7 Å². The molecular weight excluding hydrogens is 371 g/mol. The van der Waals surface area contributed by atoms with E-state index in [1.165, 1.54) is 22.3 Å². The molecule has 2 aromatic carbocycles. The Morgan fingerprint density at radius 1 is 0.967 bits per heavy atom. The van der Waals surface area contributed by atoms with Crippen molar-refractivity contribution in [3.8, 4) is 0 Å². The zero-order valence-corrected chi connectivity index (χ0v) is 19.4. The molecule has 0 bridgehead atoms. The van der Waals surface area contributed by atoms with Crippen molar-refractivity contribution in [2.75, 3.05) is 6.54 Å². The molecule has 1 aliphatic rings. The first-order valence-corrected chi connectivity index (χ1v) is 11.2. The Balaban J connectivity index is 0.00000155. The Morgan fingerprint density at radius 2 is 1.63 bits per heavy atom. The van der Waals surface area contributed by atoms with E-state index in [2.05, 4.69) is 61.4 Å². The van der Waals surface area contributed by atoms with Crippen LogP contribution >= 0.6 is 0 Å². The van der Waals surface area contributed by atoms with Gasteiger partial charge in [0, 0.05) is 6.04 Å². The van der Waals surface area contributed by atoms with Crippen molar-refractivity contribution in [2.24, 2.45) is 10.9 Å². The summed E-state index contributed by atoms with van der Waals surface area (Å²) >= 11 is 0. The highest BCUT2D eigenvalue weighted by atomic mass is 19.1. The summed E-state index contributed by atoms with van der Waals surface area (Å²) in [6.07, 6.45) is 5.08. The molecule has 0 aliphatic carbocycles. The van der Waals surface area contributed by atoms with E-state index in [0.29, 0.717) is 12.0 Å². The molecule has 0 saturated carbocycles. The normalized spacial score (nSPS) is 14.0. The van der Waals surface area contributed by atoms with E-state index in [9.17, 15) is 4.39 Å². The molecule has 30 heavy (non-hydrogen) atoms. The molecule has 2 nitrogen and oxygen atoms in total. The van der Waals surface area contributed by atoms with Crippen LogP contribution in [0.3, 0.4) is 0 Å². The molecule has 1 heterocycles. The summed E-state index contributed by atoms with van der Waals surface area (Å²) in [5.74, 6) is 1.42. The second-order valence-electron chi connectivity index (χ2n) is 8.21. The maximum atomic E-state index is 13.2. The highest BCUT2D eigenvalue weighted by molar-refractivity contribution is 5.95. The highest BCUT2D eigenvalue weighted by Crippen LogP contribution is 2.16. The van der Waals surface area contributed by atoms with Crippen LogP contribution < -0.4 is 5.32 Å². The minimum atomic E-state index is -0.159. The van der Waals surface area contributed by atoms with Gasteiger partial charge >= 0.3 is 0 Å².